The summed E-state index contributed by atoms with van der Waals surface area (Å²) in [6.45, 7) is 1.91. The molecule has 2 N–H and O–H groups in total. The second kappa shape index (κ2) is 12.1. The van der Waals surface area contributed by atoms with E-state index in [1.54, 1.807) is 12.7 Å². The van der Waals surface area contributed by atoms with Crippen molar-refractivity contribution in [3.63, 3.8) is 0 Å². The molecule has 0 aliphatic carbocycles. The van der Waals surface area contributed by atoms with Crippen LogP contribution in [0.15, 0.2) is 60.9 Å². The molecule has 3 rings (SSSR count). The molecule has 3 aromatic rings. The van der Waals surface area contributed by atoms with Gasteiger partial charge in [0.2, 0.25) is 5.78 Å². The van der Waals surface area contributed by atoms with E-state index in [1.807, 2.05) is 42.5 Å². The van der Waals surface area contributed by atoms with Gasteiger partial charge in [-0.1, -0.05) is 36.4 Å². The van der Waals surface area contributed by atoms with E-state index < -0.39 is 13.6 Å². The molecule has 2 aromatic carbocycles. The molecule has 0 spiro atoms. The van der Waals surface area contributed by atoms with Crippen molar-refractivity contribution in [3.8, 4) is 0 Å². The maximum Gasteiger partial charge on any atom is 0.226 e. The Labute approximate surface area is 200 Å². The van der Waals surface area contributed by atoms with E-state index in [4.69, 9.17) is 4.74 Å². The zero-order chi connectivity index (χ0) is 20.6. The quantitative estimate of drug-likeness (QED) is 0.200. The molecule has 0 aliphatic heterocycles. The number of nitrogens with one attached hydrogen (secondary N) is 1. The minimum absolute atomic E-state index is 0. The van der Waals surface area contributed by atoms with E-state index in [2.05, 4.69) is 15.2 Å². The van der Waals surface area contributed by atoms with Crippen LogP contribution in [0.25, 0.3) is 5.76 Å². The Kier molecular flexibility index (Phi) is 9.79. The van der Waals surface area contributed by atoms with Gasteiger partial charge in [-0.2, -0.15) is 5.10 Å². The average Bonchev–Trinajstić information content (AvgIpc) is 3.23. The SMILES string of the molecule is C[PH](=O)COCc1cc(Cc2ccccc2)cc(C(O)=CC(=O)c2ncn[nH]2)c1.[Y]. The van der Waals surface area contributed by atoms with Gasteiger partial charge in [0, 0.05) is 44.3 Å². The third-order valence-corrected chi connectivity index (χ3v) is 4.70. The van der Waals surface area contributed by atoms with Crippen LogP contribution in [0, 0.1) is 0 Å². The Bertz CT molecular complexity index is 1020. The summed E-state index contributed by atoms with van der Waals surface area (Å²) < 4.78 is 16.8. The second-order valence-corrected chi connectivity index (χ2v) is 8.32. The first-order chi connectivity index (χ1) is 14.0. The topological polar surface area (TPSA) is 105 Å². The van der Waals surface area contributed by atoms with Gasteiger partial charge in [-0.15, -0.1) is 0 Å². The van der Waals surface area contributed by atoms with Crippen molar-refractivity contribution in [2.75, 3.05) is 13.0 Å². The molecule has 0 saturated carbocycles. The van der Waals surface area contributed by atoms with Crippen molar-refractivity contribution in [2.24, 2.45) is 0 Å². The molecule has 0 saturated heterocycles. The molecule has 1 aromatic heterocycles. The van der Waals surface area contributed by atoms with E-state index >= 15 is 0 Å². The predicted molar refractivity (Wildman–Crippen MR) is 112 cm³/mol. The van der Waals surface area contributed by atoms with Crippen LogP contribution in [-0.2, 0) is 55.0 Å². The summed E-state index contributed by atoms with van der Waals surface area (Å²) >= 11 is 0. The molecular formula is C21H22N3O4PY. The van der Waals surface area contributed by atoms with Crippen molar-refractivity contribution >= 4 is 19.3 Å². The van der Waals surface area contributed by atoms with Gasteiger partial charge in [0.05, 0.1) is 20.8 Å². The molecule has 1 radical (unpaired) electrons. The number of aliphatic hydroxyl groups is 1. The van der Waals surface area contributed by atoms with Crippen LogP contribution in [0.4, 0.5) is 0 Å². The number of hydrogen-bond donors (Lipinski definition) is 2. The molecular weight excluding hydrogens is 478 g/mol. The van der Waals surface area contributed by atoms with E-state index in [9.17, 15) is 14.5 Å². The van der Waals surface area contributed by atoms with Crippen LogP contribution < -0.4 is 0 Å². The number of H-pyrrole nitrogens is 1. The number of aliphatic hydroxyl groups excluding tert-OH is 1. The molecule has 1 heterocycles. The Morgan fingerprint density at radius 1 is 1.17 bits per heavy atom. The van der Waals surface area contributed by atoms with Crippen molar-refractivity contribution in [2.45, 2.75) is 13.0 Å². The standard InChI is InChI=1S/C21H22N3O4P.Y/c1-29(27)14-28-12-17-8-16(7-15-5-3-2-4-6-15)9-18(10-17)19(25)11-20(26)21-22-13-23-24-21;/h2-6,8-11,13,25,29H,7,12,14H2,1H3,(H,22,23,24);. The van der Waals surface area contributed by atoms with E-state index in [-0.39, 0.29) is 57.2 Å². The number of benzene rings is 2. The second-order valence-electron chi connectivity index (χ2n) is 6.62. The van der Waals surface area contributed by atoms with Crippen LogP contribution in [0.3, 0.4) is 0 Å². The minimum Gasteiger partial charge on any atom is -0.507 e. The molecule has 0 aliphatic rings. The summed E-state index contributed by atoms with van der Waals surface area (Å²) in [7, 11) is -1.72. The van der Waals surface area contributed by atoms with Gasteiger partial charge in [0.1, 0.15) is 12.1 Å². The summed E-state index contributed by atoms with van der Waals surface area (Å²) in [5.74, 6) is -0.601. The van der Waals surface area contributed by atoms with Gasteiger partial charge < -0.3 is 14.4 Å². The molecule has 0 bridgehead atoms. The Morgan fingerprint density at radius 3 is 2.57 bits per heavy atom. The number of hydrogen-bond acceptors (Lipinski definition) is 6. The fraction of sp³-hybridized carbons (Fsp3) is 0.190. The van der Waals surface area contributed by atoms with Gasteiger partial charge in [0.25, 0.3) is 0 Å². The van der Waals surface area contributed by atoms with Gasteiger partial charge >= 0.3 is 0 Å². The normalized spacial score (nSPS) is 12.2. The van der Waals surface area contributed by atoms with Gasteiger partial charge in [0.15, 0.2) is 5.82 Å². The number of ether oxygens (including phenoxy) is 1. The van der Waals surface area contributed by atoms with Gasteiger partial charge in [-0.25, -0.2) is 4.98 Å². The number of carbonyl (C=O) groups is 1. The summed E-state index contributed by atoms with van der Waals surface area (Å²) in [6.07, 6.45) is 3.20. The number of ketones is 1. The molecule has 1 unspecified atom stereocenters. The molecule has 9 heteroatoms. The van der Waals surface area contributed by atoms with Crippen LogP contribution in [0.2, 0.25) is 0 Å². The summed E-state index contributed by atoms with van der Waals surface area (Å²) in [5, 5.41) is 16.6. The molecule has 1 atom stereocenters. The van der Waals surface area contributed by atoms with Crippen LogP contribution >= 0.6 is 7.80 Å². The minimum atomic E-state index is -1.72. The number of allylic oxidation sites excluding steroid dienone is 1. The van der Waals surface area contributed by atoms with E-state index in [1.165, 1.54) is 6.33 Å². The van der Waals surface area contributed by atoms with Gasteiger partial charge in [-0.05, 0) is 41.9 Å². The predicted octanol–water partition coefficient (Wildman–Crippen LogP) is 3.84. The first-order valence-electron chi connectivity index (χ1n) is 9.06. The fourth-order valence-electron chi connectivity index (χ4n) is 2.84. The molecule has 0 amide bonds. The Balaban J connectivity index is 0.00000320. The number of aromatic amines is 1. The largest absolute Gasteiger partial charge is 0.507 e. The first-order valence-corrected chi connectivity index (χ1v) is 11.2. The van der Waals surface area contributed by atoms with Crippen molar-refractivity contribution in [3.05, 3.63) is 89.0 Å². The summed E-state index contributed by atoms with van der Waals surface area (Å²) in [4.78, 5) is 16.0. The Hall–Kier alpha value is -1.92. The fourth-order valence-corrected chi connectivity index (χ4v) is 3.23. The zero-order valence-corrected chi connectivity index (χ0v) is 20.4. The maximum absolute atomic E-state index is 12.2. The average molecular weight is 500 g/mol. The van der Waals surface area contributed by atoms with Crippen LogP contribution in [-0.4, -0.2) is 39.1 Å². The Morgan fingerprint density at radius 2 is 1.90 bits per heavy atom. The monoisotopic (exact) mass is 500 g/mol. The third-order valence-electron chi connectivity index (χ3n) is 4.09. The first kappa shape index (κ1) is 24.4. The summed E-state index contributed by atoms with van der Waals surface area (Å²) in [6, 6.07) is 15.5. The van der Waals surface area contributed by atoms with Crippen molar-refractivity contribution < 1.29 is 51.9 Å². The maximum atomic E-state index is 12.2. The molecule has 7 nitrogen and oxygen atoms in total. The molecule has 30 heavy (non-hydrogen) atoms. The summed E-state index contributed by atoms with van der Waals surface area (Å²) in [5.41, 5.74) is 3.40. The molecule has 0 fully saturated rings. The smallest absolute Gasteiger partial charge is 0.226 e. The van der Waals surface area contributed by atoms with E-state index in [0.29, 0.717) is 12.0 Å². The number of rotatable bonds is 9. The third kappa shape index (κ3) is 7.40. The molecule has 153 valence electrons. The van der Waals surface area contributed by atoms with Crippen LogP contribution in [0.5, 0.6) is 0 Å². The van der Waals surface area contributed by atoms with Crippen molar-refractivity contribution in [1.29, 1.82) is 0 Å². The number of nitrogens with zero attached hydrogens (tertiary/aromatic N) is 2. The number of carbonyl (C=O) groups excluding carboxylic acids is 1. The van der Waals surface area contributed by atoms with Crippen LogP contribution in [0.1, 0.15) is 32.9 Å². The zero-order valence-electron chi connectivity index (χ0n) is 16.5. The van der Waals surface area contributed by atoms with E-state index in [0.717, 1.165) is 22.8 Å². The number of aromatic nitrogens is 3. The van der Waals surface area contributed by atoms with Gasteiger partial charge in [-0.3, -0.25) is 9.89 Å². The van der Waals surface area contributed by atoms with Crippen molar-refractivity contribution in [1.82, 2.24) is 15.2 Å².